The number of aromatic nitrogens is 1. The van der Waals surface area contributed by atoms with E-state index in [9.17, 15) is 0 Å². The van der Waals surface area contributed by atoms with Gasteiger partial charge in [0.05, 0.1) is 5.02 Å². The maximum absolute atomic E-state index is 6.35. The normalized spacial score (nSPS) is 11.1. The zero-order valence-electron chi connectivity index (χ0n) is 9.05. The largest absolute Gasteiger partial charge is 0.346 e. The van der Waals surface area contributed by atoms with Gasteiger partial charge in [0.2, 0.25) is 0 Å². The molecule has 0 aliphatic carbocycles. The van der Waals surface area contributed by atoms with Crippen LogP contribution in [-0.4, -0.2) is 18.2 Å². The third-order valence-electron chi connectivity index (χ3n) is 2.77. The van der Waals surface area contributed by atoms with Crippen LogP contribution in [0.5, 0.6) is 0 Å². The zero-order valence-corrected chi connectivity index (χ0v) is 9.80. The van der Waals surface area contributed by atoms with E-state index in [4.69, 9.17) is 11.6 Å². The summed E-state index contributed by atoms with van der Waals surface area (Å²) in [5.41, 5.74) is 2.40. The van der Waals surface area contributed by atoms with Crippen molar-refractivity contribution in [1.82, 2.24) is 9.88 Å². The van der Waals surface area contributed by atoms with Gasteiger partial charge in [-0.2, -0.15) is 0 Å². The van der Waals surface area contributed by atoms with Gasteiger partial charge in [0.15, 0.2) is 0 Å². The quantitative estimate of drug-likeness (QED) is 0.845. The second-order valence-electron chi connectivity index (χ2n) is 3.69. The number of fused-ring (bicyclic) bond motifs is 1. The van der Waals surface area contributed by atoms with Gasteiger partial charge in [-0.3, -0.25) is 0 Å². The van der Waals surface area contributed by atoms with Crippen molar-refractivity contribution in [3.8, 4) is 0 Å². The highest BCUT2D eigenvalue weighted by Crippen LogP contribution is 2.29. The van der Waals surface area contributed by atoms with Crippen molar-refractivity contribution in [2.75, 3.05) is 13.6 Å². The van der Waals surface area contributed by atoms with Crippen LogP contribution in [0.15, 0.2) is 24.3 Å². The lowest BCUT2D eigenvalue weighted by atomic mass is 10.2. The minimum atomic E-state index is 0.892. The van der Waals surface area contributed by atoms with E-state index in [2.05, 4.69) is 29.1 Å². The van der Waals surface area contributed by atoms with Gasteiger partial charge < -0.3 is 9.88 Å². The second-order valence-corrected chi connectivity index (χ2v) is 4.07. The molecule has 0 saturated heterocycles. The van der Waals surface area contributed by atoms with E-state index >= 15 is 0 Å². The Hall–Kier alpha value is -0.990. The highest BCUT2D eigenvalue weighted by atomic mass is 35.5. The van der Waals surface area contributed by atoms with Gasteiger partial charge in [-0.1, -0.05) is 29.8 Å². The lowest BCUT2D eigenvalue weighted by molar-refractivity contribution is 0.746. The van der Waals surface area contributed by atoms with Gasteiger partial charge in [0, 0.05) is 36.6 Å². The molecule has 0 saturated carbocycles. The summed E-state index contributed by atoms with van der Waals surface area (Å²) in [4.78, 5) is 0. The number of halogens is 1. The molecule has 2 rings (SSSR count). The van der Waals surface area contributed by atoms with E-state index in [-0.39, 0.29) is 0 Å². The third kappa shape index (κ3) is 1.75. The summed E-state index contributed by atoms with van der Waals surface area (Å²) in [6.45, 7) is 0.948. The number of hydrogen-bond acceptors (Lipinski definition) is 1. The first kappa shape index (κ1) is 10.5. The molecule has 0 fully saturated rings. The van der Waals surface area contributed by atoms with Crippen LogP contribution in [-0.2, 0) is 13.5 Å². The fourth-order valence-corrected chi connectivity index (χ4v) is 2.30. The van der Waals surface area contributed by atoms with Crippen LogP contribution in [0, 0.1) is 0 Å². The summed E-state index contributed by atoms with van der Waals surface area (Å²) in [5, 5.41) is 5.18. The van der Waals surface area contributed by atoms with Crippen LogP contribution in [0.25, 0.3) is 10.9 Å². The van der Waals surface area contributed by atoms with Crippen molar-refractivity contribution in [2.45, 2.75) is 6.42 Å². The molecule has 0 bridgehead atoms. The molecule has 0 amide bonds. The van der Waals surface area contributed by atoms with Crippen LogP contribution in [0.2, 0.25) is 5.02 Å². The first-order valence-corrected chi connectivity index (χ1v) is 5.50. The molecular formula is C12H15ClN2. The molecule has 15 heavy (non-hydrogen) atoms. The van der Waals surface area contributed by atoms with Crippen molar-refractivity contribution >= 4 is 22.5 Å². The molecule has 0 spiro atoms. The van der Waals surface area contributed by atoms with Gasteiger partial charge in [-0.25, -0.2) is 0 Å². The highest BCUT2D eigenvalue weighted by Gasteiger charge is 2.11. The number of nitrogens with one attached hydrogen (secondary N) is 1. The predicted octanol–water partition coefficient (Wildman–Crippen LogP) is 2.59. The maximum atomic E-state index is 6.35. The monoisotopic (exact) mass is 222 g/mol. The lowest BCUT2D eigenvalue weighted by Crippen LogP contribution is -2.12. The SMILES string of the molecule is CNCCc1c(Cl)c2ccccc2n1C. The van der Waals surface area contributed by atoms with Crippen LogP contribution in [0.4, 0.5) is 0 Å². The molecule has 0 radical (unpaired) electrons. The van der Waals surface area contributed by atoms with E-state index < -0.39 is 0 Å². The topological polar surface area (TPSA) is 17.0 Å². The average Bonchev–Trinajstić information content (AvgIpc) is 2.51. The van der Waals surface area contributed by atoms with Gasteiger partial charge >= 0.3 is 0 Å². The van der Waals surface area contributed by atoms with Crippen molar-refractivity contribution in [2.24, 2.45) is 7.05 Å². The molecule has 0 unspecified atom stereocenters. The Morgan fingerprint density at radius 3 is 2.73 bits per heavy atom. The van der Waals surface area contributed by atoms with E-state index in [1.807, 2.05) is 19.2 Å². The van der Waals surface area contributed by atoms with Crippen molar-refractivity contribution in [3.05, 3.63) is 35.0 Å². The van der Waals surface area contributed by atoms with Crippen LogP contribution in [0.1, 0.15) is 5.69 Å². The molecule has 80 valence electrons. The summed E-state index contributed by atoms with van der Waals surface area (Å²) in [5.74, 6) is 0. The molecule has 1 aromatic heterocycles. The Bertz CT molecular complexity index is 435. The summed E-state index contributed by atoms with van der Waals surface area (Å²) in [7, 11) is 4.02. The van der Waals surface area contributed by atoms with Crippen molar-refractivity contribution in [1.29, 1.82) is 0 Å². The van der Waals surface area contributed by atoms with Crippen molar-refractivity contribution < 1.29 is 0 Å². The van der Waals surface area contributed by atoms with Crippen LogP contribution >= 0.6 is 11.6 Å². The molecule has 1 heterocycles. The fourth-order valence-electron chi connectivity index (χ4n) is 1.92. The van der Waals surface area contributed by atoms with Gasteiger partial charge in [0.25, 0.3) is 0 Å². The Morgan fingerprint density at radius 1 is 1.33 bits per heavy atom. The Labute approximate surface area is 94.8 Å². The summed E-state index contributed by atoms with van der Waals surface area (Å²) in [6, 6.07) is 8.24. The highest BCUT2D eigenvalue weighted by molar-refractivity contribution is 6.36. The Kier molecular flexibility index (Phi) is 2.98. The van der Waals surface area contributed by atoms with E-state index in [0.717, 1.165) is 23.4 Å². The van der Waals surface area contributed by atoms with Gasteiger partial charge in [-0.15, -0.1) is 0 Å². The Morgan fingerprint density at radius 2 is 2.07 bits per heavy atom. The van der Waals surface area contributed by atoms with Crippen molar-refractivity contribution in [3.63, 3.8) is 0 Å². The molecule has 1 aromatic carbocycles. The lowest BCUT2D eigenvalue weighted by Gasteiger charge is -2.03. The number of rotatable bonds is 3. The number of likely N-dealkylation sites (N-methyl/N-ethyl adjacent to an activating group) is 1. The minimum Gasteiger partial charge on any atom is -0.346 e. The molecular weight excluding hydrogens is 208 g/mol. The summed E-state index contributed by atoms with van der Waals surface area (Å²) >= 11 is 6.35. The molecule has 2 nitrogen and oxygen atoms in total. The zero-order chi connectivity index (χ0) is 10.8. The van der Waals surface area contributed by atoms with Gasteiger partial charge in [-0.05, 0) is 13.1 Å². The molecule has 0 aliphatic heterocycles. The van der Waals surface area contributed by atoms with E-state index in [1.54, 1.807) is 0 Å². The third-order valence-corrected chi connectivity index (χ3v) is 3.19. The standard InChI is InChI=1S/C12H15ClN2/c1-14-8-7-11-12(13)9-5-3-4-6-10(9)15(11)2/h3-6,14H,7-8H2,1-2H3. The van der Waals surface area contributed by atoms with E-state index in [1.165, 1.54) is 11.2 Å². The first-order valence-electron chi connectivity index (χ1n) is 5.12. The number of hydrogen-bond donors (Lipinski definition) is 1. The Balaban J connectivity index is 2.54. The molecule has 2 aromatic rings. The maximum Gasteiger partial charge on any atom is 0.0694 e. The van der Waals surface area contributed by atoms with Crippen LogP contribution in [0.3, 0.4) is 0 Å². The second kappa shape index (κ2) is 4.25. The number of nitrogens with zero attached hydrogens (tertiary/aromatic N) is 1. The average molecular weight is 223 g/mol. The molecule has 1 N–H and O–H groups in total. The molecule has 0 atom stereocenters. The summed E-state index contributed by atoms with van der Waals surface area (Å²) < 4.78 is 2.18. The van der Waals surface area contributed by atoms with E-state index in [0.29, 0.717) is 0 Å². The predicted molar refractivity (Wildman–Crippen MR) is 65.6 cm³/mol. The number of benzene rings is 1. The molecule has 3 heteroatoms. The minimum absolute atomic E-state index is 0.892. The fraction of sp³-hybridized carbons (Fsp3) is 0.333. The molecule has 0 aliphatic rings. The first-order chi connectivity index (χ1) is 7.25. The smallest absolute Gasteiger partial charge is 0.0694 e. The summed E-state index contributed by atoms with van der Waals surface area (Å²) in [6.07, 6.45) is 0.959. The van der Waals surface area contributed by atoms with Gasteiger partial charge in [0.1, 0.15) is 0 Å². The van der Waals surface area contributed by atoms with Crippen LogP contribution < -0.4 is 5.32 Å². The number of para-hydroxylation sites is 1. The number of aryl methyl sites for hydroxylation is 1.